The van der Waals surface area contributed by atoms with Crippen molar-refractivity contribution >= 4 is 11.8 Å². The average molecular weight is 244 g/mol. The Bertz CT molecular complexity index is 366. The second-order valence-electron chi connectivity index (χ2n) is 3.93. The first-order valence-electron chi connectivity index (χ1n) is 5.21. The summed E-state index contributed by atoms with van der Waals surface area (Å²) in [6, 6.07) is 3.08. The SMILES string of the molecule is Cc1cc(SC(C)CO)c([C@@H](C)O)cc1F. The molecule has 0 bridgehead atoms. The van der Waals surface area contributed by atoms with Crippen molar-refractivity contribution in [3.63, 3.8) is 0 Å². The number of benzene rings is 1. The molecule has 0 radical (unpaired) electrons. The summed E-state index contributed by atoms with van der Waals surface area (Å²) in [5.41, 5.74) is 1.13. The molecule has 2 nitrogen and oxygen atoms in total. The lowest BCUT2D eigenvalue weighted by Crippen LogP contribution is -2.05. The molecular weight excluding hydrogens is 227 g/mol. The number of aliphatic hydroxyl groups is 2. The van der Waals surface area contributed by atoms with Crippen LogP contribution in [0.2, 0.25) is 0 Å². The predicted molar refractivity (Wildman–Crippen MR) is 64.2 cm³/mol. The van der Waals surface area contributed by atoms with Crippen molar-refractivity contribution in [1.82, 2.24) is 0 Å². The van der Waals surface area contributed by atoms with Crippen LogP contribution in [0.15, 0.2) is 17.0 Å². The van der Waals surface area contributed by atoms with Crippen molar-refractivity contribution < 1.29 is 14.6 Å². The van der Waals surface area contributed by atoms with Crippen LogP contribution in [0.4, 0.5) is 4.39 Å². The van der Waals surface area contributed by atoms with Gasteiger partial charge in [0.2, 0.25) is 0 Å². The molecule has 1 aromatic carbocycles. The zero-order valence-corrected chi connectivity index (χ0v) is 10.5. The topological polar surface area (TPSA) is 40.5 Å². The van der Waals surface area contributed by atoms with Gasteiger partial charge in [0.05, 0.1) is 12.7 Å². The van der Waals surface area contributed by atoms with Crippen LogP contribution in [-0.4, -0.2) is 22.1 Å². The first-order valence-corrected chi connectivity index (χ1v) is 6.09. The largest absolute Gasteiger partial charge is 0.395 e. The van der Waals surface area contributed by atoms with Gasteiger partial charge in [-0.3, -0.25) is 0 Å². The van der Waals surface area contributed by atoms with Gasteiger partial charge in [-0.15, -0.1) is 11.8 Å². The number of hydrogen-bond acceptors (Lipinski definition) is 3. The summed E-state index contributed by atoms with van der Waals surface area (Å²) in [6.07, 6.45) is -0.705. The molecule has 16 heavy (non-hydrogen) atoms. The Morgan fingerprint density at radius 2 is 2.00 bits per heavy atom. The minimum atomic E-state index is -0.705. The Morgan fingerprint density at radius 1 is 1.38 bits per heavy atom. The summed E-state index contributed by atoms with van der Waals surface area (Å²) in [5, 5.41) is 18.6. The molecule has 0 heterocycles. The third-order valence-corrected chi connectivity index (χ3v) is 3.49. The van der Waals surface area contributed by atoms with Crippen LogP contribution in [0.1, 0.15) is 31.1 Å². The molecule has 1 aromatic rings. The summed E-state index contributed by atoms with van der Waals surface area (Å²) in [5.74, 6) is -0.308. The molecule has 4 heteroatoms. The van der Waals surface area contributed by atoms with E-state index >= 15 is 0 Å². The maximum absolute atomic E-state index is 13.4. The van der Waals surface area contributed by atoms with Crippen LogP contribution in [0, 0.1) is 12.7 Å². The standard InChI is InChI=1S/C12H17FO2S/c1-7-4-12(16-8(2)6-14)10(9(3)15)5-11(7)13/h4-5,8-9,14-15H,6H2,1-3H3/t8?,9-/m1/s1. The molecule has 0 aliphatic rings. The molecule has 0 amide bonds. The Kier molecular flexibility index (Phi) is 4.77. The van der Waals surface area contributed by atoms with E-state index in [4.69, 9.17) is 5.11 Å². The highest BCUT2D eigenvalue weighted by atomic mass is 32.2. The lowest BCUT2D eigenvalue weighted by atomic mass is 10.1. The van der Waals surface area contributed by atoms with E-state index in [-0.39, 0.29) is 17.7 Å². The number of rotatable bonds is 4. The summed E-state index contributed by atoms with van der Waals surface area (Å²) in [7, 11) is 0. The minimum Gasteiger partial charge on any atom is -0.395 e. The molecule has 0 spiro atoms. The van der Waals surface area contributed by atoms with E-state index < -0.39 is 6.10 Å². The Morgan fingerprint density at radius 3 is 2.50 bits per heavy atom. The van der Waals surface area contributed by atoms with E-state index in [0.717, 1.165) is 4.90 Å². The first-order chi connectivity index (χ1) is 7.45. The highest BCUT2D eigenvalue weighted by molar-refractivity contribution is 8.00. The Hall–Kier alpha value is -0.580. The quantitative estimate of drug-likeness (QED) is 0.800. The van der Waals surface area contributed by atoms with Gasteiger partial charge in [0.1, 0.15) is 5.82 Å². The second kappa shape index (κ2) is 5.66. The number of aryl methyl sites for hydroxylation is 1. The van der Waals surface area contributed by atoms with Gasteiger partial charge in [0.25, 0.3) is 0 Å². The number of halogens is 1. The molecule has 0 aromatic heterocycles. The zero-order valence-electron chi connectivity index (χ0n) is 9.70. The molecule has 0 aliphatic heterocycles. The lowest BCUT2D eigenvalue weighted by molar-refractivity contribution is 0.195. The van der Waals surface area contributed by atoms with Crippen molar-refractivity contribution in [2.75, 3.05) is 6.61 Å². The number of thioether (sulfide) groups is 1. The molecule has 0 fully saturated rings. The van der Waals surface area contributed by atoms with Gasteiger partial charge in [-0.2, -0.15) is 0 Å². The molecule has 1 unspecified atom stereocenters. The third kappa shape index (κ3) is 3.20. The van der Waals surface area contributed by atoms with Gasteiger partial charge in [-0.25, -0.2) is 4.39 Å². The fraction of sp³-hybridized carbons (Fsp3) is 0.500. The maximum Gasteiger partial charge on any atom is 0.126 e. The van der Waals surface area contributed by atoms with Gasteiger partial charge < -0.3 is 10.2 Å². The van der Waals surface area contributed by atoms with Crippen molar-refractivity contribution in [1.29, 1.82) is 0 Å². The van der Waals surface area contributed by atoms with Gasteiger partial charge in [-0.05, 0) is 37.1 Å². The van der Waals surface area contributed by atoms with Crippen molar-refractivity contribution in [3.05, 3.63) is 29.1 Å². The number of aliphatic hydroxyl groups excluding tert-OH is 2. The van der Waals surface area contributed by atoms with Gasteiger partial charge in [0, 0.05) is 10.1 Å². The fourth-order valence-electron chi connectivity index (χ4n) is 1.35. The van der Waals surface area contributed by atoms with E-state index in [0.29, 0.717) is 11.1 Å². The third-order valence-electron chi connectivity index (χ3n) is 2.33. The van der Waals surface area contributed by atoms with Gasteiger partial charge in [-0.1, -0.05) is 6.92 Å². The maximum atomic E-state index is 13.4. The average Bonchev–Trinajstić information content (AvgIpc) is 2.22. The second-order valence-corrected chi connectivity index (χ2v) is 5.41. The molecular formula is C12H17FO2S. The van der Waals surface area contributed by atoms with Crippen LogP contribution < -0.4 is 0 Å². The monoisotopic (exact) mass is 244 g/mol. The van der Waals surface area contributed by atoms with Crippen LogP contribution >= 0.6 is 11.8 Å². The molecule has 2 N–H and O–H groups in total. The van der Waals surface area contributed by atoms with Crippen LogP contribution in [-0.2, 0) is 0 Å². The van der Waals surface area contributed by atoms with Gasteiger partial charge in [0.15, 0.2) is 0 Å². The summed E-state index contributed by atoms with van der Waals surface area (Å²) in [4.78, 5) is 0.829. The highest BCUT2D eigenvalue weighted by Gasteiger charge is 2.14. The van der Waals surface area contributed by atoms with Crippen molar-refractivity contribution in [2.45, 2.75) is 37.0 Å². The lowest BCUT2D eigenvalue weighted by Gasteiger charge is -2.15. The zero-order chi connectivity index (χ0) is 12.3. The Balaban J connectivity index is 3.09. The molecule has 0 aliphatic carbocycles. The van der Waals surface area contributed by atoms with E-state index in [1.165, 1.54) is 17.8 Å². The fourth-order valence-corrected chi connectivity index (χ4v) is 2.47. The molecule has 0 saturated carbocycles. The van der Waals surface area contributed by atoms with E-state index in [1.807, 2.05) is 6.92 Å². The number of hydrogen-bond donors (Lipinski definition) is 2. The molecule has 0 saturated heterocycles. The normalized spacial score (nSPS) is 14.9. The van der Waals surface area contributed by atoms with Crippen LogP contribution in [0.25, 0.3) is 0 Å². The van der Waals surface area contributed by atoms with Crippen molar-refractivity contribution in [3.8, 4) is 0 Å². The van der Waals surface area contributed by atoms with E-state index in [9.17, 15) is 9.50 Å². The minimum absolute atomic E-state index is 0.0300. The predicted octanol–water partition coefficient (Wildman–Crippen LogP) is 2.66. The van der Waals surface area contributed by atoms with E-state index in [1.54, 1.807) is 19.9 Å². The highest BCUT2D eigenvalue weighted by Crippen LogP contribution is 2.32. The first kappa shape index (κ1) is 13.5. The van der Waals surface area contributed by atoms with Crippen LogP contribution in [0.5, 0.6) is 0 Å². The summed E-state index contributed by atoms with van der Waals surface area (Å²) < 4.78 is 13.4. The molecule has 90 valence electrons. The summed E-state index contributed by atoms with van der Waals surface area (Å²) >= 11 is 1.44. The summed E-state index contributed by atoms with van der Waals surface area (Å²) in [6.45, 7) is 5.24. The van der Waals surface area contributed by atoms with Gasteiger partial charge >= 0.3 is 0 Å². The van der Waals surface area contributed by atoms with Crippen LogP contribution in [0.3, 0.4) is 0 Å². The van der Waals surface area contributed by atoms with E-state index in [2.05, 4.69) is 0 Å². The molecule has 2 atom stereocenters. The molecule has 1 rings (SSSR count). The van der Waals surface area contributed by atoms with Crippen molar-refractivity contribution in [2.24, 2.45) is 0 Å². The Labute approximate surface area is 99.5 Å². The smallest absolute Gasteiger partial charge is 0.126 e.